The van der Waals surface area contributed by atoms with Gasteiger partial charge in [-0.05, 0) is 18.4 Å². The molecule has 0 aromatic carbocycles. The average molecular weight is 200 g/mol. The molecule has 0 radical (unpaired) electrons. The zero-order valence-electron chi connectivity index (χ0n) is 7.56. The van der Waals surface area contributed by atoms with Gasteiger partial charge >= 0.3 is 5.97 Å². The number of aliphatic hydroxyl groups is 1. The van der Waals surface area contributed by atoms with E-state index in [1.54, 1.807) is 13.0 Å². The lowest BCUT2D eigenvalue weighted by Gasteiger charge is -2.14. The van der Waals surface area contributed by atoms with Gasteiger partial charge in [0.1, 0.15) is 6.10 Å². The highest BCUT2D eigenvalue weighted by atomic mass is 32.1. The fraction of sp³-hybridized carbons (Fsp3) is 0.444. The molecule has 1 aromatic heterocycles. The number of carbonyl (C=O) groups excluding carboxylic acids is 1. The standard InChI is InChI=1S/C9H12O3S/c1-6(9(11)12-2)8(10)7-4-3-5-13-7/h3-6,8,10H,1-2H3/t6-,8-/m0/s1. The van der Waals surface area contributed by atoms with Gasteiger partial charge in [0.05, 0.1) is 13.0 Å². The Labute approximate surface area is 81.0 Å². The van der Waals surface area contributed by atoms with E-state index in [2.05, 4.69) is 4.74 Å². The van der Waals surface area contributed by atoms with Crippen molar-refractivity contribution < 1.29 is 14.6 Å². The van der Waals surface area contributed by atoms with E-state index in [-0.39, 0.29) is 5.97 Å². The van der Waals surface area contributed by atoms with E-state index < -0.39 is 12.0 Å². The molecule has 0 unspecified atom stereocenters. The van der Waals surface area contributed by atoms with Crippen LogP contribution in [0.15, 0.2) is 17.5 Å². The van der Waals surface area contributed by atoms with Gasteiger partial charge in [-0.25, -0.2) is 0 Å². The molecule has 0 bridgehead atoms. The van der Waals surface area contributed by atoms with Crippen LogP contribution in [0.4, 0.5) is 0 Å². The predicted molar refractivity (Wildman–Crippen MR) is 50.5 cm³/mol. The summed E-state index contributed by atoms with van der Waals surface area (Å²) in [6.45, 7) is 1.65. The van der Waals surface area contributed by atoms with Crippen LogP contribution in [0.2, 0.25) is 0 Å². The number of methoxy groups -OCH3 is 1. The number of aliphatic hydroxyl groups excluding tert-OH is 1. The molecule has 72 valence electrons. The van der Waals surface area contributed by atoms with Crippen LogP contribution in [0.25, 0.3) is 0 Å². The predicted octanol–water partition coefficient (Wildman–Crippen LogP) is 1.59. The zero-order valence-corrected chi connectivity index (χ0v) is 8.38. The van der Waals surface area contributed by atoms with Crippen molar-refractivity contribution in [3.63, 3.8) is 0 Å². The van der Waals surface area contributed by atoms with E-state index in [0.717, 1.165) is 4.88 Å². The fourth-order valence-electron chi connectivity index (χ4n) is 1.02. The summed E-state index contributed by atoms with van der Waals surface area (Å²) in [6.07, 6.45) is -0.757. The van der Waals surface area contributed by atoms with Crippen LogP contribution in [0, 0.1) is 5.92 Å². The molecular formula is C9H12O3S. The summed E-state index contributed by atoms with van der Waals surface area (Å²) >= 11 is 1.43. The molecule has 3 nitrogen and oxygen atoms in total. The molecule has 13 heavy (non-hydrogen) atoms. The Morgan fingerprint density at radius 2 is 2.38 bits per heavy atom. The van der Waals surface area contributed by atoms with Crippen LogP contribution in [0.3, 0.4) is 0 Å². The third-order valence-corrected chi connectivity index (χ3v) is 2.82. The first kappa shape index (κ1) is 10.2. The van der Waals surface area contributed by atoms with Crippen molar-refractivity contribution in [3.05, 3.63) is 22.4 Å². The van der Waals surface area contributed by atoms with E-state index in [0.29, 0.717) is 0 Å². The summed E-state index contributed by atoms with van der Waals surface area (Å²) in [5.74, 6) is -0.899. The largest absolute Gasteiger partial charge is 0.469 e. The van der Waals surface area contributed by atoms with Gasteiger partial charge in [0.2, 0.25) is 0 Å². The van der Waals surface area contributed by atoms with Gasteiger partial charge in [-0.15, -0.1) is 11.3 Å². The number of ether oxygens (including phenoxy) is 1. The van der Waals surface area contributed by atoms with Crippen LogP contribution in [0.1, 0.15) is 17.9 Å². The molecule has 2 atom stereocenters. The minimum Gasteiger partial charge on any atom is -0.469 e. The van der Waals surface area contributed by atoms with Crippen LogP contribution < -0.4 is 0 Å². The maximum atomic E-state index is 11.1. The first-order valence-corrected chi connectivity index (χ1v) is 4.84. The Morgan fingerprint density at radius 3 is 2.85 bits per heavy atom. The summed E-state index contributed by atoms with van der Waals surface area (Å²) in [5.41, 5.74) is 0. The Hall–Kier alpha value is -0.870. The fourth-order valence-corrected chi connectivity index (χ4v) is 1.84. The molecule has 1 aromatic rings. The highest BCUT2D eigenvalue weighted by molar-refractivity contribution is 7.10. The summed E-state index contributed by atoms with van der Waals surface area (Å²) < 4.78 is 4.54. The topological polar surface area (TPSA) is 46.5 Å². The first-order chi connectivity index (χ1) is 6.16. The smallest absolute Gasteiger partial charge is 0.311 e. The molecule has 0 saturated carbocycles. The van der Waals surface area contributed by atoms with Gasteiger partial charge in [0.25, 0.3) is 0 Å². The van der Waals surface area contributed by atoms with Gasteiger partial charge in [0, 0.05) is 4.88 Å². The van der Waals surface area contributed by atoms with Gasteiger partial charge in [-0.3, -0.25) is 4.79 Å². The minimum atomic E-state index is -0.757. The highest BCUT2D eigenvalue weighted by Crippen LogP contribution is 2.26. The van der Waals surface area contributed by atoms with E-state index in [1.165, 1.54) is 18.4 Å². The van der Waals surface area contributed by atoms with Crippen molar-refractivity contribution >= 4 is 17.3 Å². The van der Waals surface area contributed by atoms with Crippen LogP contribution in [-0.2, 0) is 9.53 Å². The Balaban J connectivity index is 2.68. The summed E-state index contributed by atoms with van der Waals surface area (Å²) in [4.78, 5) is 11.9. The van der Waals surface area contributed by atoms with Crippen molar-refractivity contribution in [1.82, 2.24) is 0 Å². The number of thiophene rings is 1. The molecule has 0 aliphatic heterocycles. The molecule has 1 rings (SSSR count). The van der Waals surface area contributed by atoms with Crippen molar-refractivity contribution in [2.75, 3.05) is 7.11 Å². The molecule has 4 heteroatoms. The minimum absolute atomic E-state index is 0.388. The second-order valence-corrected chi connectivity index (χ2v) is 3.75. The number of hydrogen-bond acceptors (Lipinski definition) is 4. The van der Waals surface area contributed by atoms with Gasteiger partial charge in [-0.1, -0.05) is 6.07 Å². The molecular weight excluding hydrogens is 188 g/mol. The molecule has 1 heterocycles. The molecule has 0 fully saturated rings. The average Bonchev–Trinajstić information content (AvgIpc) is 2.67. The second-order valence-electron chi connectivity index (χ2n) is 2.77. The van der Waals surface area contributed by atoms with Crippen molar-refractivity contribution in [2.45, 2.75) is 13.0 Å². The summed E-state index contributed by atoms with van der Waals surface area (Å²) in [6, 6.07) is 3.64. The molecule has 0 amide bonds. The monoisotopic (exact) mass is 200 g/mol. The Kier molecular flexibility index (Phi) is 3.45. The van der Waals surface area contributed by atoms with Crippen molar-refractivity contribution in [3.8, 4) is 0 Å². The number of esters is 1. The summed E-state index contributed by atoms with van der Waals surface area (Å²) in [5, 5.41) is 11.6. The van der Waals surface area contributed by atoms with Gasteiger partial charge in [-0.2, -0.15) is 0 Å². The third-order valence-electron chi connectivity index (χ3n) is 1.88. The molecule has 0 spiro atoms. The van der Waals surface area contributed by atoms with E-state index in [9.17, 15) is 9.90 Å². The first-order valence-electron chi connectivity index (χ1n) is 3.96. The second kappa shape index (κ2) is 4.39. The normalized spacial score (nSPS) is 15.0. The Morgan fingerprint density at radius 1 is 1.69 bits per heavy atom. The number of carbonyl (C=O) groups is 1. The molecule has 0 aliphatic carbocycles. The van der Waals surface area contributed by atoms with Crippen LogP contribution >= 0.6 is 11.3 Å². The lowest BCUT2D eigenvalue weighted by Crippen LogP contribution is -2.19. The Bertz CT molecular complexity index is 268. The molecule has 0 saturated heterocycles. The number of hydrogen-bond donors (Lipinski definition) is 1. The van der Waals surface area contributed by atoms with Gasteiger partial charge < -0.3 is 9.84 Å². The summed E-state index contributed by atoms with van der Waals surface area (Å²) in [7, 11) is 1.32. The van der Waals surface area contributed by atoms with Gasteiger partial charge in [0.15, 0.2) is 0 Å². The maximum Gasteiger partial charge on any atom is 0.311 e. The van der Waals surface area contributed by atoms with Crippen LogP contribution in [-0.4, -0.2) is 18.2 Å². The van der Waals surface area contributed by atoms with Crippen LogP contribution in [0.5, 0.6) is 0 Å². The molecule has 0 aliphatic rings. The van der Waals surface area contributed by atoms with Crippen molar-refractivity contribution in [1.29, 1.82) is 0 Å². The molecule has 1 N–H and O–H groups in total. The quantitative estimate of drug-likeness (QED) is 0.754. The highest BCUT2D eigenvalue weighted by Gasteiger charge is 2.24. The lowest BCUT2D eigenvalue weighted by atomic mass is 10.0. The van der Waals surface area contributed by atoms with Crippen molar-refractivity contribution in [2.24, 2.45) is 5.92 Å². The van der Waals surface area contributed by atoms with E-state index in [4.69, 9.17) is 0 Å². The third kappa shape index (κ3) is 2.29. The SMILES string of the molecule is COC(=O)[C@@H](C)[C@H](O)c1cccs1. The lowest BCUT2D eigenvalue weighted by molar-refractivity contribution is -0.148. The van der Waals surface area contributed by atoms with E-state index in [1.807, 2.05) is 11.4 Å². The number of rotatable bonds is 3. The van der Waals surface area contributed by atoms with E-state index >= 15 is 0 Å². The maximum absolute atomic E-state index is 11.1. The zero-order chi connectivity index (χ0) is 9.84.